The highest BCUT2D eigenvalue weighted by molar-refractivity contribution is 5.83. The van der Waals surface area contributed by atoms with Crippen molar-refractivity contribution >= 4 is 16.7 Å². The largest absolute Gasteiger partial charge is 0.423 e. The van der Waals surface area contributed by atoms with Crippen molar-refractivity contribution in [1.29, 1.82) is 0 Å². The molecule has 0 saturated carbocycles. The van der Waals surface area contributed by atoms with Crippen LogP contribution < -0.4 is 10.5 Å². The first-order valence-electron chi connectivity index (χ1n) is 7.95. The lowest BCUT2D eigenvalue weighted by molar-refractivity contribution is 0.559. The summed E-state index contributed by atoms with van der Waals surface area (Å²) < 4.78 is 5.36. The molecule has 0 aliphatic heterocycles. The van der Waals surface area contributed by atoms with Gasteiger partial charge in [0.25, 0.3) is 0 Å². The Balaban J connectivity index is 2.35. The van der Waals surface area contributed by atoms with E-state index in [0.717, 1.165) is 29.7 Å². The van der Waals surface area contributed by atoms with Gasteiger partial charge in [-0.05, 0) is 37.5 Å². The first-order valence-corrected chi connectivity index (χ1v) is 7.95. The number of rotatable bonds is 7. The molecule has 0 fully saturated rings. The second-order valence-electron chi connectivity index (χ2n) is 5.62. The average molecular weight is 287 g/mol. The summed E-state index contributed by atoms with van der Waals surface area (Å²) in [6.07, 6.45) is 4.73. The fraction of sp³-hybridized carbons (Fsp3) is 0.500. The Labute approximate surface area is 126 Å². The van der Waals surface area contributed by atoms with Crippen LogP contribution in [0.3, 0.4) is 0 Å². The van der Waals surface area contributed by atoms with Gasteiger partial charge in [0.15, 0.2) is 0 Å². The van der Waals surface area contributed by atoms with E-state index in [2.05, 4.69) is 30.9 Å². The topological polar surface area (TPSA) is 33.5 Å². The summed E-state index contributed by atoms with van der Waals surface area (Å²) in [5, 5.41) is 1.02. The van der Waals surface area contributed by atoms with Gasteiger partial charge in [0.1, 0.15) is 5.58 Å². The van der Waals surface area contributed by atoms with E-state index < -0.39 is 0 Å². The Hall–Kier alpha value is -1.77. The third-order valence-corrected chi connectivity index (χ3v) is 3.86. The fourth-order valence-corrected chi connectivity index (χ4v) is 2.58. The summed E-state index contributed by atoms with van der Waals surface area (Å²) in [4.78, 5) is 13.9. The lowest BCUT2D eigenvalue weighted by Crippen LogP contribution is -2.25. The number of unbranched alkanes of at least 4 members (excludes halogenated alkanes) is 2. The highest BCUT2D eigenvalue weighted by Gasteiger charge is 2.09. The Morgan fingerprint density at radius 2 is 1.71 bits per heavy atom. The quantitative estimate of drug-likeness (QED) is 0.703. The molecular weight excluding hydrogens is 262 g/mol. The van der Waals surface area contributed by atoms with Gasteiger partial charge >= 0.3 is 5.63 Å². The third kappa shape index (κ3) is 3.87. The normalized spacial score (nSPS) is 11.0. The van der Waals surface area contributed by atoms with E-state index in [1.165, 1.54) is 25.7 Å². The molecule has 3 nitrogen and oxygen atoms in total. The van der Waals surface area contributed by atoms with Crippen molar-refractivity contribution in [2.45, 2.75) is 46.5 Å². The van der Waals surface area contributed by atoms with Gasteiger partial charge in [0.05, 0.1) is 0 Å². The van der Waals surface area contributed by atoms with E-state index in [4.69, 9.17) is 4.42 Å². The highest BCUT2D eigenvalue weighted by atomic mass is 16.4. The summed E-state index contributed by atoms with van der Waals surface area (Å²) in [5.74, 6) is 0. The predicted octanol–water partition coefficient (Wildman–Crippen LogP) is 4.51. The molecule has 2 aromatic rings. The molecule has 0 saturated heterocycles. The maximum atomic E-state index is 11.5. The number of anilines is 1. The molecule has 1 heterocycles. The van der Waals surface area contributed by atoms with Crippen molar-refractivity contribution in [2.75, 3.05) is 18.0 Å². The molecule has 0 spiro atoms. The first kappa shape index (κ1) is 15.6. The maximum absolute atomic E-state index is 11.5. The molecular formula is C18H25NO2. The summed E-state index contributed by atoms with van der Waals surface area (Å²) in [5.41, 5.74) is 2.54. The van der Waals surface area contributed by atoms with Gasteiger partial charge in [0, 0.05) is 36.3 Å². The van der Waals surface area contributed by atoms with Gasteiger partial charge < -0.3 is 9.32 Å². The van der Waals surface area contributed by atoms with Crippen LogP contribution in [0.1, 0.15) is 45.1 Å². The monoisotopic (exact) mass is 287 g/mol. The molecule has 0 aliphatic rings. The number of hydrogen-bond acceptors (Lipinski definition) is 3. The van der Waals surface area contributed by atoms with Gasteiger partial charge in [-0.1, -0.05) is 26.7 Å². The zero-order valence-electron chi connectivity index (χ0n) is 13.3. The summed E-state index contributed by atoms with van der Waals surface area (Å²) in [7, 11) is 0. The van der Waals surface area contributed by atoms with E-state index in [-0.39, 0.29) is 5.63 Å². The molecule has 0 aliphatic carbocycles. The summed E-state index contributed by atoms with van der Waals surface area (Å²) in [6.45, 7) is 8.47. The number of nitrogens with zero attached hydrogens (tertiary/aromatic N) is 1. The number of aryl methyl sites for hydroxylation is 1. The van der Waals surface area contributed by atoms with Crippen molar-refractivity contribution in [3.63, 3.8) is 0 Å². The van der Waals surface area contributed by atoms with Crippen LogP contribution >= 0.6 is 0 Å². The minimum atomic E-state index is -0.272. The molecule has 0 radical (unpaired) electrons. The average Bonchev–Trinajstić information content (AvgIpc) is 2.46. The van der Waals surface area contributed by atoms with Crippen LogP contribution in [0.25, 0.3) is 11.0 Å². The van der Waals surface area contributed by atoms with Crippen LogP contribution in [0.4, 0.5) is 5.69 Å². The van der Waals surface area contributed by atoms with E-state index in [1.807, 2.05) is 13.0 Å². The third-order valence-electron chi connectivity index (χ3n) is 3.86. The summed E-state index contributed by atoms with van der Waals surface area (Å²) in [6, 6.07) is 7.76. The smallest absolute Gasteiger partial charge is 0.336 e. The molecule has 114 valence electrons. The molecule has 1 aromatic carbocycles. The maximum Gasteiger partial charge on any atom is 0.336 e. The summed E-state index contributed by atoms with van der Waals surface area (Å²) >= 11 is 0. The minimum absolute atomic E-state index is 0.272. The molecule has 0 unspecified atom stereocenters. The van der Waals surface area contributed by atoms with Gasteiger partial charge in [-0.15, -0.1) is 0 Å². The van der Waals surface area contributed by atoms with E-state index in [9.17, 15) is 4.79 Å². The van der Waals surface area contributed by atoms with Gasteiger partial charge in [-0.25, -0.2) is 4.79 Å². The molecule has 3 heteroatoms. The SMILES string of the molecule is CCCCN(CCCC)c1ccc2c(C)cc(=O)oc2c1. The van der Waals surface area contributed by atoms with Crippen LogP contribution in [-0.4, -0.2) is 13.1 Å². The second-order valence-corrected chi connectivity index (χ2v) is 5.62. The van der Waals surface area contributed by atoms with Crippen LogP contribution in [-0.2, 0) is 0 Å². The minimum Gasteiger partial charge on any atom is -0.423 e. The molecule has 0 atom stereocenters. The van der Waals surface area contributed by atoms with Crippen LogP contribution in [0, 0.1) is 6.92 Å². The van der Waals surface area contributed by atoms with Crippen LogP contribution in [0.2, 0.25) is 0 Å². The lowest BCUT2D eigenvalue weighted by atomic mass is 10.1. The van der Waals surface area contributed by atoms with Gasteiger partial charge in [0.2, 0.25) is 0 Å². The lowest BCUT2D eigenvalue weighted by Gasteiger charge is -2.24. The van der Waals surface area contributed by atoms with Gasteiger partial charge in [-0.2, -0.15) is 0 Å². The standard InChI is InChI=1S/C18H25NO2/c1-4-6-10-19(11-7-5-2)15-8-9-16-14(3)12-18(20)21-17(16)13-15/h8-9,12-13H,4-7,10-11H2,1-3H3. The van der Waals surface area contributed by atoms with Crippen molar-refractivity contribution in [2.24, 2.45) is 0 Å². The first-order chi connectivity index (χ1) is 10.2. The van der Waals surface area contributed by atoms with E-state index in [1.54, 1.807) is 6.07 Å². The van der Waals surface area contributed by atoms with E-state index in [0.29, 0.717) is 5.58 Å². The molecule has 0 bridgehead atoms. The van der Waals surface area contributed by atoms with Crippen LogP contribution in [0.5, 0.6) is 0 Å². The zero-order valence-corrected chi connectivity index (χ0v) is 13.3. The number of hydrogen-bond donors (Lipinski definition) is 0. The Morgan fingerprint density at radius 1 is 1.05 bits per heavy atom. The number of benzene rings is 1. The number of fused-ring (bicyclic) bond motifs is 1. The zero-order chi connectivity index (χ0) is 15.2. The second kappa shape index (κ2) is 7.30. The van der Waals surface area contributed by atoms with Crippen molar-refractivity contribution in [3.05, 3.63) is 40.2 Å². The Kier molecular flexibility index (Phi) is 5.43. The molecule has 1 aromatic heterocycles. The molecule has 2 rings (SSSR count). The van der Waals surface area contributed by atoms with Crippen molar-refractivity contribution < 1.29 is 4.42 Å². The van der Waals surface area contributed by atoms with Gasteiger partial charge in [-0.3, -0.25) is 0 Å². The molecule has 0 N–H and O–H groups in total. The van der Waals surface area contributed by atoms with Crippen molar-refractivity contribution in [1.82, 2.24) is 0 Å². The molecule has 0 amide bonds. The highest BCUT2D eigenvalue weighted by Crippen LogP contribution is 2.24. The Bertz CT molecular complexity index is 637. The fourth-order valence-electron chi connectivity index (χ4n) is 2.58. The Morgan fingerprint density at radius 3 is 2.33 bits per heavy atom. The molecule has 21 heavy (non-hydrogen) atoms. The van der Waals surface area contributed by atoms with E-state index >= 15 is 0 Å². The van der Waals surface area contributed by atoms with Crippen LogP contribution in [0.15, 0.2) is 33.5 Å². The van der Waals surface area contributed by atoms with Crippen molar-refractivity contribution in [3.8, 4) is 0 Å². The predicted molar refractivity (Wildman–Crippen MR) is 89.3 cm³/mol.